The Bertz CT molecular complexity index is 1030. The molecule has 0 amide bonds. The van der Waals surface area contributed by atoms with E-state index < -0.39 is 0 Å². The molecule has 5 rings (SSSR count). The van der Waals surface area contributed by atoms with Gasteiger partial charge in [0.15, 0.2) is 17.3 Å². The van der Waals surface area contributed by atoms with Gasteiger partial charge in [0.2, 0.25) is 0 Å². The third kappa shape index (κ3) is 1.30. The van der Waals surface area contributed by atoms with Crippen LogP contribution in [-0.4, -0.2) is 9.55 Å². The van der Waals surface area contributed by atoms with Crippen LogP contribution in [0.3, 0.4) is 0 Å². The van der Waals surface area contributed by atoms with Gasteiger partial charge in [-0.15, -0.1) is 0 Å². The van der Waals surface area contributed by atoms with Crippen LogP contribution in [0, 0.1) is 6.92 Å². The Balaban J connectivity index is 2.10. The SMILES string of the molecule is Cc1ccc2c3cccc4c3n(c2c1)-c1ncccc1O4. The molecule has 0 atom stereocenters. The number of hydrogen-bond donors (Lipinski definition) is 0. The van der Waals surface area contributed by atoms with Crippen LogP contribution in [0.15, 0.2) is 54.7 Å². The third-order valence-corrected chi connectivity index (χ3v) is 4.09. The monoisotopic (exact) mass is 272 g/mol. The highest BCUT2D eigenvalue weighted by atomic mass is 16.5. The Labute approximate surface area is 121 Å². The largest absolute Gasteiger partial charge is 0.451 e. The molecule has 0 fully saturated rings. The van der Waals surface area contributed by atoms with Crippen LogP contribution in [0.1, 0.15) is 5.56 Å². The van der Waals surface area contributed by atoms with Crippen molar-refractivity contribution in [3.8, 4) is 17.3 Å². The average molecular weight is 272 g/mol. The molecule has 0 saturated heterocycles. The predicted octanol–water partition coefficient (Wildman–Crippen LogP) is 4.59. The van der Waals surface area contributed by atoms with Crippen molar-refractivity contribution in [1.82, 2.24) is 9.55 Å². The Kier molecular flexibility index (Phi) is 1.89. The molecule has 0 aliphatic carbocycles. The van der Waals surface area contributed by atoms with Crippen LogP contribution in [0.25, 0.3) is 27.6 Å². The summed E-state index contributed by atoms with van der Waals surface area (Å²) in [6.07, 6.45) is 1.81. The molecular weight excluding hydrogens is 260 g/mol. The van der Waals surface area contributed by atoms with E-state index in [1.165, 1.54) is 21.9 Å². The summed E-state index contributed by atoms with van der Waals surface area (Å²) >= 11 is 0. The number of para-hydroxylation sites is 1. The molecule has 0 bridgehead atoms. The van der Waals surface area contributed by atoms with Gasteiger partial charge in [0, 0.05) is 17.0 Å². The second-order valence-corrected chi connectivity index (χ2v) is 5.44. The first kappa shape index (κ1) is 10.9. The smallest absolute Gasteiger partial charge is 0.181 e. The Hall–Kier alpha value is -2.81. The molecule has 0 N–H and O–H groups in total. The minimum atomic E-state index is 0.802. The summed E-state index contributed by atoms with van der Waals surface area (Å²) in [6.45, 7) is 2.12. The summed E-state index contributed by atoms with van der Waals surface area (Å²) in [7, 11) is 0. The zero-order chi connectivity index (χ0) is 14.0. The number of rotatable bonds is 0. The van der Waals surface area contributed by atoms with Crippen molar-refractivity contribution in [3.63, 3.8) is 0 Å². The van der Waals surface area contributed by atoms with Crippen molar-refractivity contribution in [2.24, 2.45) is 0 Å². The molecule has 1 aliphatic rings. The van der Waals surface area contributed by atoms with Gasteiger partial charge in [-0.2, -0.15) is 0 Å². The van der Waals surface area contributed by atoms with Gasteiger partial charge in [-0.05, 0) is 36.8 Å². The van der Waals surface area contributed by atoms with Crippen molar-refractivity contribution in [1.29, 1.82) is 0 Å². The van der Waals surface area contributed by atoms with Gasteiger partial charge >= 0.3 is 0 Å². The van der Waals surface area contributed by atoms with Crippen LogP contribution >= 0.6 is 0 Å². The molecule has 100 valence electrons. The van der Waals surface area contributed by atoms with Crippen LogP contribution in [0.5, 0.6) is 11.5 Å². The first-order valence-corrected chi connectivity index (χ1v) is 7.00. The summed E-state index contributed by atoms with van der Waals surface area (Å²) in [6, 6.07) is 16.6. The molecule has 2 aromatic carbocycles. The summed E-state index contributed by atoms with van der Waals surface area (Å²) in [4.78, 5) is 4.53. The van der Waals surface area contributed by atoms with Crippen molar-refractivity contribution < 1.29 is 4.74 Å². The maximum Gasteiger partial charge on any atom is 0.181 e. The van der Waals surface area contributed by atoms with Gasteiger partial charge in [-0.3, -0.25) is 4.57 Å². The molecule has 21 heavy (non-hydrogen) atoms. The number of benzene rings is 2. The minimum Gasteiger partial charge on any atom is -0.451 e. The maximum absolute atomic E-state index is 6.03. The number of nitrogens with zero attached hydrogens (tertiary/aromatic N) is 2. The minimum absolute atomic E-state index is 0.802. The lowest BCUT2D eigenvalue weighted by molar-refractivity contribution is 0.473. The highest BCUT2D eigenvalue weighted by Crippen LogP contribution is 2.44. The van der Waals surface area contributed by atoms with E-state index in [0.29, 0.717) is 0 Å². The fourth-order valence-corrected chi connectivity index (χ4v) is 3.20. The topological polar surface area (TPSA) is 27.1 Å². The van der Waals surface area contributed by atoms with E-state index in [4.69, 9.17) is 4.74 Å². The normalized spacial score (nSPS) is 12.4. The highest BCUT2D eigenvalue weighted by Gasteiger charge is 2.23. The fraction of sp³-hybridized carbons (Fsp3) is 0.0556. The van der Waals surface area contributed by atoms with E-state index in [-0.39, 0.29) is 0 Å². The Morgan fingerprint density at radius 3 is 2.81 bits per heavy atom. The fourth-order valence-electron chi connectivity index (χ4n) is 3.20. The van der Waals surface area contributed by atoms with Gasteiger partial charge in [0.05, 0.1) is 11.0 Å². The Morgan fingerprint density at radius 1 is 0.952 bits per heavy atom. The summed E-state index contributed by atoms with van der Waals surface area (Å²) in [5.74, 6) is 2.56. The number of pyridine rings is 1. The zero-order valence-electron chi connectivity index (χ0n) is 11.5. The predicted molar refractivity (Wildman–Crippen MR) is 83.4 cm³/mol. The lowest BCUT2D eigenvalue weighted by atomic mass is 10.1. The van der Waals surface area contributed by atoms with E-state index in [1.807, 2.05) is 30.5 Å². The quantitative estimate of drug-likeness (QED) is 0.412. The first-order valence-electron chi connectivity index (χ1n) is 7.00. The maximum atomic E-state index is 6.03. The molecule has 0 radical (unpaired) electrons. The molecule has 1 aliphatic heterocycles. The number of ether oxygens (including phenoxy) is 1. The second-order valence-electron chi connectivity index (χ2n) is 5.44. The first-order chi connectivity index (χ1) is 10.3. The van der Waals surface area contributed by atoms with Crippen LogP contribution in [0.2, 0.25) is 0 Å². The summed E-state index contributed by atoms with van der Waals surface area (Å²) in [5, 5.41) is 2.44. The van der Waals surface area contributed by atoms with Crippen molar-refractivity contribution >= 4 is 21.8 Å². The van der Waals surface area contributed by atoms with E-state index in [2.05, 4.69) is 40.7 Å². The molecule has 0 spiro atoms. The Morgan fingerprint density at radius 2 is 1.86 bits per heavy atom. The molecule has 4 aromatic rings. The number of aromatic nitrogens is 2. The van der Waals surface area contributed by atoms with E-state index >= 15 is 0 Å². The van der Waals surface area contributed by atoms with Gasteiger partial charge < -0.3 is 4.74 Å². The molecule has 0 unspecified atom stereocenters. The standard InChI is InChI=1S/C18H12N2O/c1-11-7-8-12-13-4-2-5-15-17(13)20(14(12)10-11)18-16(21-15)6-3-9-19-18/h2-10H,1H3. The zero-order valence-corrected chi connectivity index (χ0v) is 11.5. The summed E-state index contributed by atoms with van der Waals surface area (Å²) < 4.78 is 8.24. The lowest BCUT2D eigenvalue weighted by Gasteiger charge is -2.19. The molecule has 2 aromatic heterocycles. The second kappa shape index (κ2) is 3.64. The average Bonchev–Trinajstić information content (AvgIpc) is 2.84. The van der Waals surface area contributed by atoms with Crippen molar-refractivity contribution in [2.75, 3.05) is 0 Å². The third-order valence-electron chi connectivity index (χ3n) is 4.09. The van der Waals surface area contributed by atoms with Crippen LogP contribution in [-0.2, 0) is 0 Å². The lowest BCUT2D eigenvalue weighted by Crippen LogP contribution is -2.05. The van der Waals surface area contributed by atoms with E-state index in [9.17, 15) is 0 Å². The number of fused-ring (bicyclic) bond motifs is 5. The van der Waals surface area contributed by atoms with Gasteiger partial charge in [-0.25, -0.2) is 4.98 Å². The number of hydrogen-bond acceptors (Lipinski definition) is 2. The molecule has 3 heteroatoms. The molecule has 0 saturated carbocycles. The van der Waals surface area contributed by atoms with Crippen LogP contribution in [0.4, 0.5) is 0 Å². The van der Waals surface area contributed by atoms with Gasteiger partial charge in [0.1, 0.15) is 0 Å². The van der Waals surface area contributed by atoms with E-state index in [1.54, 1.807) is 0 Å². The molecular formula is C18H12N2O. The molecule has 3 heterocycles. The van der Waals surface area contributed by atoms with Crippen molar-refractivity contribution in [2.45, 2.75) is 6.92 Å². The highest BCUT2D eigenvalue weighted by molar-refractivity contribution is 6.11. The van der Waals surface area contributed by atoms with Crippen molar-refractivity contribution in [3.05, 3.63) is 60.3 Å². The number of aryl methyl sites for hydroxylation is 1. The van der Waals surface area contributed by atoms with Gasteiger partial charge in [0.25, 0.3) is 0 Å². The molecule has 3 nitrogen and oxygen atoms in total. The van der Waals surface area contributed by atoms with Crippen LogP contribution < -0.4 is 4.74 Å². The van der Waals surface area contributed by atoms with Gasteiger partial charge in [-0.1, -0.05) is 24.3 Å². The van der Waals surface area contributed by atoms with E-state index in [0.717, 1.165) is 22.8 Å². The summed E-state index contributed by atoms with van der Waals surface area (Å²) in [5.41, 5.74) is 3.53.